The van der Waals surface area contributed by atoms with E-state index in [0.717, 1.165) is 25.4 Å². The Labute approximate surface area is 125 Å². The molecule has 0 unspecified atom stereocenters. The van der Waals surface area contributed by atoms with Crippen molar-refractivity contribution in [2.75, 3.05) is 48.8 Å². The van der Waals surface area contributed by atoms with Gasteiger partial charge in [-0.15, -0.1) is 0 Å². The number of anilines is 3. The fraction of sp³-hybridized carbons (Fsp3) is 0.294. The number of ether oxygens (including phenoxy) is 1. The highest BCUT2D eigenvalue weighted by Crippen LogP contribution is 2.31. The Morgan fingerprint density at radius 1 is 1.00 bits per heavy atom. The summed E-state index contributed by atoms with van der Waals surface area (Å²) >= 11 is 0. The highest BCUT2D eigenvalue weighted by Gasteiger charge is 2.19. The minimum Gasteiger partial charge on any atom is -0.490 e. The van der Waals surface area contributed by atoms with Crippen LogP contribution in [0.15, 0.2) is 48.5 Å². The summed E-state index contributed by atoms with van der Waals surface area (Å²) in [6, 6.07) is 16.1. The summed E-state index contributed by atoms with van der Waals surface area (Å²) in [5, 5.41) is 0. The number of para-hydroxylation sites is 4. The molecule has 2 N–H and O–H groups in total. The van der Waals surface area contributed by atoms with E-state index in [1.54, 1.807) is 0 Å². The van der Waals surface area contributed by atoms with Gasteiger partial charge in [0.2, 0.25) is 0 Å². The van der Waals surface area contributed by atoms with Crippen molar-refractivity contribution >= 4 is 17.1 Å². The van der Waals surface area contributed by atoms with Gasteiger partial charge in [0.05, 0.1) is 23.6 Å². The lowest BCUT2D eigenvalue weighted by Gasteiger charge is -2.36. The van der Waals surface area contributed by atoms with Gasteiger partial charge in [-0.05, 0) is 24.3 Å². The van der Waals surface area contributed by atoms with Gasteiger partial charge in [0.15, 0.2) is 0 Å². The van der Waals surface area contributed by atoms with Crippen LogP contribution in [-0.4, -0.2) is 33.3 Å². The Morgan fingerprint density at radius 3 is 2.52 bits per heavy atom. The molecule has 0 radical (unpaired) electrons. The van der Waals surface area contributed by atoms with Gasteiger partial charge in [-0.2, -0.15) is 0 Å². The van der Waals surface area contributed by atoms with Gasteiger partial charge in [-0.3, -0.25) is 0 Å². The van der Waals surface area contributed by atoms with Crippen molar-refractivity contribution in [2.24, 2.45) is 0 Å². The molecule has 3 rings (SSSR count). The first-order valence-corrected chi connectivity index (χ1v) is 7.28. The van der Waals surface area contributed by atoms with Crippen molar-refractivity contribution in [1.29, 1.82) is 0 Å². The topological polar surface area (TPSA) is 41.7 Å². The number of fused-ring (bicyclic) bond motifs is 1. The van der Waals surface area contributed by atoms with E-state index in [-0.39, 0.29) is 0 Å². The zero-order chi connectivity index (χ0) is 14.7. The second-order valence-corrected chi connectivity index (χ2v) is 5.28. The summed E-state index contributed by atoms with van der Waals surface area (Å²) in [7, 11) is 2.14. The molecule has 0 amide bonds. The standard InChI is InChI=1S/C17H21N3O/c1-19-10-11-20(16-8-4-3-7-15(16)19)12-13-21-17-9-5-2-6-14(17)18/h2-9H,10-13,18H2,1H3. The Morgan fingerprint density at radius 2 is 1.71 bits per heavy atom. The van der Waals surface area contributed by atoms with Crippen LogP contribution in [0, 0.1) is 0 Å². The number of likely N-dealkylation sites (N-methyl/N-ethyl adjacent to an activating group) is 1. The van der Waals surface area contributed by atoms with E-state index < -0.39 is 0 Å². The molecule has 0 saturated heterocycles. The fourth-order valence-corrected chi connectivity index (χ4v) is 2.68. The van der Waals surface area contributed by atoms with E-state index in [9.17, 15) is 0 Å². The summed E-state index contributed by atoms with van der Waals surface area (Å²) < 4.78 is 5.80. The zero-order valence-electron chi connectivity index (χ0n) is 12.3. The number of benzene rings is 2. The van der Waals surface area contributed by atoms with Crippen molar-refractivity contribution < 1.29 is 4.74 Å². The van der Waals surface area contributed by atoms with Crippen LogP contribution in [0.3, 0.4) is 0 Å². The summed E-state index contributed by atoms with van der Waals surface area (Å²) in [6.07, 6.45) is 0. The normalized spacial score (nSPS) is 14.0. The van der Waals surface area contributed by atoms with E-state index in [1.807, 2.05) is 24.3 Å². The van der Waals surface area contributed by atoms with E-state index in [2.05, 4.69) is 41.1 Å². The van der Waals surface area contributed by atoms with Gasteiger partial charge in [0.25, 0.3) is 0 Å². The molecule has 1 aliphatic heterocycles. The lowest BCUT2D eigenvalue weighted by Crippen LogP contribution is -2.41. The molecule has 21 heavy (non-hydrogen) atoms. The van der Waals surface area contributed by atoms with E-state index in [4.69, 9.17) is 10.5 Å². The highest BCUT2D eigenvalue weighted by molar-refractivity contribution is 5.73. The Hall–Kier alpha value is -2.36. The maximum atomic E-state index is 5.89. The van der Waals surface area contributed by atoms with Crippen molar-refractivity contribution in [1.82, 2.24) is 0 Å². The molecule has 0 aromatic heterocycles. The summed E-state index contributed by atoms with van der Waals surface area (Å²) in [5.41, 5.74) is 9.13. The third-order valence-corrected chi connectivity index (χ3v) is 3.88. The Bertz CT molecular complexity index is 614. The molecule has 4 heteroatoms. The average Bonchev–Trinajstić information content (AvgIpc) is 2.52. The fourth-order valence-electron chi connectivity index (χ4n) is 2.68. The van der Waals surface area contributed by atoms with E-state index in [0.29, 0.717) is 12.3 Å². The van der Waals surface area contributed by atoms with Gasteiger partial charge >= 0.3 is 0 Å². The number of nitrogens with two attached hydrogens (primary N) is 1. The highest BCUT2D eigenvalue weighted by atomic mass is 16.5. The predicted octanol–water partition coefficient (Wildman–Crippen LogP) is 2.60. The van der Waals surface area contributed by atoms with Crippen molar-refractivity contribution in [3.63, 3.8) is 0 Å². The molecular formula is C17H21N3O. The van der Waals surface area contributed by atoms with E-state index >= 15 is 0 Å². The van der Waals surface area contributed by atoms with Crippen LogP contribution in [0.5, 0.6) is 5.75 Å². The molecule has 0 saturated carbocycles. The van der Waals surface area contributed by atoms with Crippen molar-refractivity contribution in [2.45, 2.75) is 0 Å². The molecule has 0 atom stereocenters. The van der Waals surface area contributed by atoms with Crippen LogP contribution in [0.4, 0.5) is 17.1 Å². The smallest absolute Gasteiger partial charge is 0.142 e. The molecular weight excluding hydrogens is 262 g/mol. The molecule has 0 bridgehead atoms. The molecule has 0 aliphatic carbocycles. The number of hydrogen-bond acceptors (Lipinski definition) is 4. The molecule has 1 heterocycles. The lowest BCUT2D eigenvalue weighted by atomic mass is 10.2. The molecule has 2 aromatic rings. The second kappa shape index (κ2) is 5.95. The van der Waals surface area contributed by atoms with Crippen molar-refractivity contribution in [3.8, 4) is 5.75 Å². The number of rotatable bonds is 4. The predicted molar refractivity (Wildman–Crippen MR) is 88.3 cm³/mol. The van der Waals surface area contributed by atoms with Crippen LogP contribution in [0.25, 0.3) is 0 Å². The van der Waals surface area contributed by atoms with Crippen LogP contribution in [0.2, 0.25) is 0 Å². The minimum absolute atomic E-state index is 0.631. The van der Waals surface area contributed by atoms with Gasteiger partial charge in [0.1, 0.15) is 12.4 Å². The van der Waals surface area contributed by atoms with Gasteiger partial charge < -0.3 is 20.3 Å². The third kappa shape index (κ3) is 2.89. The van der Waals surface area contributed by atoms with E-state index in [1.165, 1.54) is 11.4 Å². The molecule has 0 fully saturated rings. The monoisotopic (exact) mass is 283 g/mol. The number of nitrogen functional groups attached to an aromatic ring is 1. The lowest BCUT2D eigenvalue weighted by molar-refractivity contribution is 0.325. The van der Waals surface area contributed by atoms with Crippen LogP contribution < -0.4 is 20.3 Å². The summed E-state index contributed by atoms with van der Waals surface area (Å²) in [6.45, 7) is 3.54. The first kappa shape index (κ1) is 13.6. The molecule has 1 aliphatic rings. The second-order valence-electron chi connectivity index (χ2n) is 5.28. The van der Waals surface area contributed by atoms with Crippen molar-refractivity contribution in [3.05, 3.63) is 48.5 Å². The summed E-state index contributed by atoms with van der Waals surface area (Å²) in [5.74, 6) is 0.764. The minimum atomic E-state index is 0.631. The van der Waals surface area contributed by atoms with Gasteiger partial charge in [0, 0.05) is 20.1 Å². The zero-order valence-corrected chi connectivity index (χ0v) is 12.3. The average molecular weight is 283 g/mol. The number of nitrogens with zero attached hydrogens (tertiary/aromatic N) is 2. The maximum Gasteiger partial charge on any atom is 0.142 e. The first-order valence-electron chi connectivity index (χ1n) is 7.28. The van der Waals surface area contributed by atoms with Crippen LogP contribution in [-0.2, 0) is 0 Å². The van der Waals surface area contributed by atoms with Crippen LogP contribution >= 0.6 is 0 Å². The summed E-state index contributed by atoms with van der Waals surface area (Å²) in [4.78, 5) is 4.66. The molecule has 110 valence electrons. The quantitative estimate of drug-likeness (QED) is 0.876. The third-order valence-electron chi connectivity index (χ3n) is 3.88. The van der Waals surface area contributed by atoms with Gasteiger partial charge in [-0.1, -0.05) is 24.3 Å². The Kier molecular flexibility index (Phi) is 3.86. The molecule has 4 nitrogen and oxygen atoms in total. The first-order chi connectivity index (χ1) is 10.3. The number of hydrogen-bond donors (Lipinski definition) is 1. The van der Waals surface area contributed by atoms with Crippen LogP contribution in [0.1, 0.15) is 0 Å². The Balaban J connectivity index is 1.64. The molecule has 2 aromatic carbocycles. The van der Waals surface area contributed by atoms with Gasteiger partial charge in [-0.25, -0.2) is 0 Å². The maximum absolute atomic E-state index is 5.89. The largest absolute Gasteiger partial charge is 0.490 e. The SMILES string of the molecule is CN1CCN(CCOc2ccccc2N)c2ccccc21. The molecule has 0 spiro atoms.